The number of benzene rings is 1. The van der Waals surface area contributed by atoms with Crippen LogP contribution in [0.5, 0.6) is 0 Å². The Kier molecular flexibility index (Phi) is 26.1. The number of halogens is 3. The SMILES string of the molecule is CCCCCCCCCCNC1(C#N)CC1.CCCCCCCCCCO[C@@H]1C[C@H](S(=O)(=O)c2ccccc2CCCCCCCCCC(F)(F)F)C[C@H]1C(=O)O. The summed E-state index contributed by atoms with van der Waals surface area (Å²) in [4.78, 5) is 12.2. The van der Waals surface area contributed by atoms with Gasteiger partial charge in [0.1, 0.15) is 5.54 Å². The van der Waals surface area contributed by atoms with Crippen molar-refractivity contribution in [2.24, 2.45) is 5.92 Å². The van der Waals surface area contributed by atoms with E-state index in [1.54, 1.807) is 12.1 Å². The van der Waals surface area contributed by atoms with Crippen LogP contribution in [0.25, 0.3) is 0 Å². The summed E-state index contributed by atoms with van der Waals surface area (Å²) < 4.78 is 70.0. The van der Waals surface area contributed by atoms with Gasteiger partial charge in [0, 0.05) is 13.0 Å². The zero-order valence-corrected chi connectivity index (χ0v) is 36.3. The molecule has 2 aliphatic rings. The molecule has 0 heterocycles. The number of aliphatic carboxylic acids is 1. The third-order valence-corrected chi connectivity index (χ3v) is 14.0. The summed E-state index contributed by atoms with van der Waals surface area (Å²) in [5.74, 6) is -1.83. The summed E-state index contributed by atoms with van der Waals surface area (Å²) in [6.07, 6.45) is 22.6. The highest BCUT2D eigenvalue weighted by atomic mass is 32.2. The number of hydrogen-bond acceptors (Lipinski definition) is 6. The molecule has 11 heteroatoms. The number of carboxylic acids is 1. The van der Waals surface area contributed by atoms with Gasteiger partial charge in [-0.25, -0.2) is 8.42 Å². The average molecular weight is 827 g/mol. The van der Waals surface area contributed by atoms with Crippen LogP contribution in [0.2, 0.25) is 0 Å². The number of ether oxygens (including phenoxy) is 1. The van der Waals surface area contributed by atoms with Gasteiger partial charge in [-0.15, -0.1) is 0 Å². The van der Waals surface area contributed by atoms with Crippen LogP contribution in [0.4, 0.5) is 13.2 Å². The molecule has 7 nitrogen and oxygen atoms in total. The van der Waals surface area contributed by atoms with Gasteiger partial charge in [0.2, 0.25) is 0 Å². The molecule has 2 N–H and O–H groups in total. The van der Waals surface area contributed by atoms with Crippen LogP contribution in [0.15, 0.2) is 29.2 Å². The highest BCUT2D eigenvalue weighted by Crippen LogP contribution is 2.38. The number of sulfone groups is 1. The lowest BCUT2D eigenvalue weighted by Gasteiger charge is -2.17. The average Bonchev–Trinajstić information content (AvgIpc) is 3.83. The van der Waals surface area contributed by atoms with Crippen LogP contribution in [0.1, 0.15) is 199 Å². The molecule has 0 aromatic heterocycles. The highest BCUT2D eigenvalue weighted by Gasteiger charge is 2.46. The number of unbranched alkanes of at least 4 members (excludes halogenated alkanes) is 20. The Morgan fingerprint density at radius 2 is 1.30 bits per heavy atom. The fourth-order valence-electron chi connectivity index (χ4n) is 7.85. The number of carboxylic acid groups (broad SMARTS) is 1. The first-order valence-corrected chi connectivity index (χ1v) is 24.3. The number of carbonyl (C=O) groups is 1. The first-order valence-electron chi connectivity index (χ1n) is 22.8. The normalized spacial score (nSPS) is 18.8. The zero-order valence-electron chi connectivity index (χ0n) is 35.5. The molecule has 3 atom stereocenters. The van der Waals surface area contributed by atoms with Gasteiger partial charge in [-0.05, 0) is 76.0 Å². The highest BCUT2D eigenvalue weighted by molar-refractivity contribution is 7.92. The van der Waals surface area contributed by atoms with Gasteiger partial charge in [-0.1, -0.05) is 154 Å². The van der Waals surface area contributed by atoms with Crippen LogP contribution in [0, 0.1) is 17.2 Å². The van der Waals surface area contributed by atoms with Crippen molar-refractivity contribution >= 4 is 15.8 Å². The summed E-state index contributed by atoms with van der Waals surface area (Å²) in [6, 6.07) is 9.34. The Balaban J connectivity index is 0.000000583. The molecule has 0 amide bonds. The van der Waals surface area contributed by atoms with Crippen molar-refractivity contribution in [2.75, 3.05) is 13.2 Å². The number of nitriles is 1. The third-order valence-electron chi connectivity index (χ3n) is 11.7. The molecule has 1 aromatic carbocycles. The van der Waals surface area contributed by atoms with E-state index < -0.39 is 45.7 Å². The molecule has 0 unspecified atom stereocenters. The van der Waals surface area contributed by atoms with Gasteiger partial charge in [0.15, 0.2) is 9.84 Å². The molecule has 0 saturated heterocycles. The third kappa shape index (κ3) is 22.1. The quantitative estimate of drug-likeness (QED) is 0.0695. The minimum absolute atomic E-state index is 0.0580. The number of rotatable bonds is 32. The van der Waals surface area contributed by atoms with Gasteiger partial charge in [0.05, 0.1) is 28.2 Å². The van der Waals surface area contributed by atoms with E-state index >= 15 is 0 Å². The number of aryl methyl sites for hydroxylation is 1. The van der Waals surface area contributed by atoms with Gasteiger partial charge in [0.25, 0.3) is 0 Å². The Morgan fingerprint density at radius 3 is 1.82 bits per heavy atom. The van der Waals surface area contributed by atoms with Crippen molar-refractivity contribution < 1.29 is 36.2 Å². The fourth-order valence-corrected chi connectivity index (χ4v) is 9.92. The molecule has 2 aliphatic carbocycles. The minimum Gasteiger partial charge on any atom is -0.481 e. The van der Waals surface area contributed by atoms with E-state index in [2.05, 4.69) is 25.2 Å². The molecule has 3 rings (SSSR count). The molecule has 2 saturated carbocycles. The molecular formula is C46H77F3N2O5S. The molecule has 0 spiro atoms. The van der Waals surface area contributed by atoms with E-state index in [1.165, 1.54) is 83.5 Å². The molecule has 1 aromatic rings. The predicted octanol–water partition coefficient (Wildman–Crippen LogP) is 12.8. The minimum atomic E-state index is -4.08. The van der Waals surface area contributed by atoms with E-state index in [1.807, 2.05) is 12.1 Å². The predicted molar refractivity (Wildman–Crippen MR) is 225 cm³/mol. The van der Waals surface area contributed by atoms with Gasteiger partial charge < -0.3 is 9.84 Å². The van der Waals surface area contributed by atoms with E-state index in [-0.39, 0.29) is 29.7 Å². The second kappa shape index (κ2) is 29.1. The van der Waals surface area contributed by atoms with Gasteiger partial charge in [-0.3, -0.25) is 10.1 Å². The van der Waals surface area contributed by atoms with E-state index in [0.29, 0.717) is 19.4 Å². The van der Waals surface area contributed by atoms with Crippen molar-refractivity contribution in [3.05, 3.63) is 29.8 Å². The molecule has 57 heavy (non-hydrogen) atoms. The van der Waals surface area contributed by atoms with E-state index in [0.717, 1.165) is 76.3 Å². The maximum absolute atomic E-state index is 13.7. The maximum Gasteiger partial charge on any atom is 0.389 e. The van der Waals surface area contributed by atoms with Crippen molar-refractivity contribution in [3.63, 3.8) is 0 Å². The lowest BCUT2D eigenvalue weighted by molar-refractivity contribution is -0.146. The van der Waals surface area contributed by atoms with Crippen LogP contribution >= 0.6 is 0 Å². The molecular weight excluding hydrogens is 750 g/mol. The lowest BCUT2D eigenvalue weighted by atomic mass is 10.0. The molecule has 0 bridgehead atoms. The number of nitrogens with one attached hydrogen (secondary N) is 1. The van der Waals surface area contributed by atoms with Crippen LogP contribution in [-0.4, -0.2) is 55.7 Å². The molecule has 2 fully saturated rings. The summed E-state index contributed by atoms with van der Waals surface area (Å²) in [5, 5.41) is 21.2. The Bertz CT molecular complexity index is 1360. The van der Waals surface area contributed by atoms with Crippen LogP contribution in [-0.2, 0) is 25.8 Å². The fraction of sp³-hybridized carbons (Fsp3) is 0.826. The Morgan fingerprint density at radius 1 is 0.789 bits per heavy atom. The number of alkyl halides is 3. The maximum atomic E-state index is 13.7. The monoisotopic (exact) mass is 827 g/mol. The summed E-state index contributed by atoms with van der Waals surface area (Å²) in [5.41, 5.74) is 0.633. The van der Waals surface area contributed by atoms with Gasteiger partial charge >= 0.3 is 12.1 Å². The summed E-state index contributed by atoms with van der Waals surface area (Å²) in [7, 11) is -3.72. The largest absolute Gasteiger partial charge is 0.481 e. The standard InChI is InChI=1S/C32H51F3O5S.C14H26N2/c1-2-3-4-5-6-10-13-18-23-40-29-25-27(24-28(29)31(36)37)41(38,39)30-21-16-15-20-26(30)19-14-11-8-7-9-12-17-22-32(33,34)35;1-2-3-4-5-6-7-8-9-12-16-14(13-15)10-11-14/h15-16,20-21,27-29H,2-14,17-19,22-25H2,1H3,(H,36,37);16H,2-12H2,1H3/t27-,28-,29-;/m1./s1. The molecule has 0 radical (unpaired) electrons. The second-order valence-electron chi connectivity index (χ2n) is 16.8. The Hall–Kier alpha value is -2.16. The van der Waals surface area contributed by atoms with Crippen molar-refractivity contribution in [1.82, 2.24) is 5.32 Å². The first-order chi connectivity index (χ1) is 27.4. The van der Waals surface area contributed by atoms with Crippen molar-refractivity contribution in [2.45, 2.75) is 228 Å². The summed E-state index contributed by atoms with van der Waals surface area (Å²) >= 11 is 0. The second-order valence-corrected chi connectivity index (χ2v) is 19.0. The van der Waals surface area contributed by atoms with Crippen LogP contribution < -0.4 is 5.32 Å². The van der Waals surface area contributed by atoms with E-state index in [4.69, 9.17) is 10.00 Å². The lowest BCUT2D eigenvalue weighted by Crippen LogP contribution is -2.30. The van der Waals surface area contributed by atoms with Gasteiger partial charge in [-0.2, -0.15) is 18.4 Å². The molecule has 0 aliphatic heterocycles. The molecule has 328 valence electrons. The van der Waals surface area contributed by atoms with Crippen LogP contribution in [0.3, 0.4) is 0 Å². The van der Waals surface area contributed by atoms with E-state index in [9.17, 15) is 31.5 Å². The topological polar surface area (TPSA) is 116 Å². The zero-order chi connectivity index (χ0) is 41.8. The first kappa shape index (κ1) is 51.0. The number of nitrogens with zero attached hydrogens (tertiary/aromatic N) is 1. The smallest absolute Gasteiger partial charge is 0.389 e. The van der Waals surface area contributed by atoms with Crippen molar-refractivity contribution in [1.29, 1.82) is 5.26 Å². The van der Waals surface area contributed by atoms with Crippen molar-refractivity contribution in [3.8, 4) is 6.07 Å². The Labute approximate surface area is 344 Å². The number of hydrogen-bond donors (Lipinski definition) is 2. The summed E-state index contributed by atoms with van der Waals surface area (Å²) in [6.45, 7) is 5.94.